The fourth-order valence-electron chi connectivity index (χ4n) is 2.95. The van der Waals surface area contributed by atoms with Gasteiger partial charge in [-0.1, -0.05) is 35.9 Å². The number of H-pyrrole nitrogens is 2. The lowest BCUT2D eigenvalue weighted by Gasteiger charge is -2.14. The fraction of sp³-hybridized carbons (Fsp3) is 0.0952. The van der Waals surface area contributed by atoms with E-state index in [2.05, 4.69) is 15.3 Å². The summed E-state index contributed by atoms with van der Waals surface area (Å²) >= 11 is 6.07. The summed E-state index contributed by atoms with van der Waals surface area (Å²) in [5.74, 6) is 0.252. The summed E-state index contributed by atoms with van der Waals surface area (Å²) < 4.78 is 19.8. The minimum Gasteiger partial charge on any atom is -0.488 e. The van der Waals surface area contributed by atoms with Gasteiger partial charge in [0.2, 0.25) is 0 Å². The molecule has 0 aliphatic rings. The Balaban J connectivity index is 1.48. The maximum atomic E-state index is 13.9. The highest BCUT2D eigenvalue weighted by Gasteiger charge is 2.10. The van der Waals surface area contributed by atoms with E-state index in [-0.39, 0.29) is 12.3 Å². The molecule has 0 amide bonds. The molecule has 1 aromatic heterocycles. The molecule has 28 heavy (non-hydrogen) atoms. The van der Waals surface area contributed by atoms with E-state index >= 15 is 0 Å². The van der Waals surface area contributed by atoms with Crippen LogP contribution in [0.25, 0.3) is 11.0 Å². The van der Waals surface area contributed by atoms with Crippen LogP contribution in [0.2, 0.25) is 5.02 Å². The third kappa shape index (κ3) is 3.87. The number of para-hydroxylation sites is 1. The maximum Gasteiger partial charge on any atom is 0.323 e. The van der Waals surface area contributed by atoms with Crippen LogP contribution >= 0.6 is 11.6 Å². The van der Waals surface area contributed by atoms with Crippen LogP contribution < -0.4 is 15.7 Å². The summed E-state index contributed by atoms with van der Waals surface area (Å²) in [7, 11) is 0. The molecule has 3 N–H and O–H groups in total. The normalized spacial score (nSPS) is 10.9. The quantitative estimate of drug-likeness (QED) is 0.436. The van der Waals surface area contributed by atoms with Crippen molar-refractivity contribution in [2.24, 2.45) is 0 Å². The largest absolute Gasteiger partial charge is 0.488 e. The first kappa shape index (κ1) is 18.1. The molecule has 0 radical (unpaired) electrons. The summed E-state index contributed by atoms with van der Waals surface area (Å²) in [5, 5.41) is 3.65. The second-order valence-corrected chi connectivity index (χ2v) is 6.70. The van der Waals surface area contributed by atoms with Crippen LogP contribution in [0.5, 0.6) is 5.75 Å². The fourth-order valence-corrected chi connectivity index (χ4v) is 3.17. The molecule has 1 heterocycles. The molecule has 0 bridgehead atoms. The lowest BCUT2D eigenvalue weighted by molar-refractivity contribution is 0.297. The molecular weight excluding hydrogens is 381 g/mol. The molecule has 5 nitrogen and oxygen atoms in total. The van der Waals surface area contributed by atoms with Gasteiger partial charge in [-0.25, -0.2) is 9.18 Å². The molecule has 142 valence electrons. The van der Waals surface area contributed by atoms with Crippen molar-refractivity contribution in [2.75, 3.05) is 5.32 Å². The Hall–Kier alpha value is -3.25. The van der Waals surface area contributed by atoms with E-state index in [0.29, 0.717) is 22.9 Å². The van der Waals surface area contributed by atoms with E-state index in [9.17, 15) is 9.18 Å². The van der Waals surface area contributed by atoms with Crippen LogP contribution in [0.4, 0.5) is 10.1 Å². The Kier molecular flexibility index (Phi) is 5.04. The van der Waals surface area contributed by atoms with Gasteiger partial charge < -0.3 is 20.0 Å². The number of aromatic amines is 2. The van der Waals surface area contributed by atoms with E-state index in [4.69, 9.17) is 16.3 Å². The topological polar surface area (TPSA) is 69.9 Å². The number of hydrogen-bond acceptors (Lipinski definition) is 3. The number of fused-ring (bicyclic) bond motifs is 1. The number of benzene rings is 3. The first-order valence-corrected chi connectivity index (χ1v) is 9.07. The highest BCUT2D eigenvalue weighted by molar-refractivity contribution is 6.31. The zero-order chi connectivity index (χ0) is 19.5. The van der Waals surface area contributed by atoms with Crippen LogP contribution in [0.15, 0.2) is 65.5 Å². The highest BCUT2D eigenvalue weighted by Crippen LogP contribution is 2.25. The zero-order valence-electron chi connectivity index (χ0n) is 14.8. The van der Waals surface area contributed by atoms with Crippen molar-refractivity contribution in [3.63, 3.8) is 0 Å². The molecule has 7 heteroatoms. The van der Waals surface area contributed by atoms with Crippen molar-refractivity contribution in [3.05, 3.63) is 93.1 Å². The van der Waals surface area contributed by atoms with Crippen molar-refractivity contribution >= 4 is 28.3 Å². The summed E-state index contributed by atoms with van der Waals surface area (Å²) in [6.07, 6.45) is 0. The van der Waals surface area contributed by atoms with Gasteiger partial charge in [-0.05, 0) is 36.4 Å². The Bertz CT molecular complexity index is 1170. The molecule has 0 saturated heterocycles. The van der Waals surface area contributed by atoms with E-state index < -0.39 is 5.82 Å². The standard InChI is InChI=1S/C21H17ClFN3O2/c22-16-5-3-6-17(23)15(16)12-28-20-7-2-1-4-13(20)11-24-14-8-9-18-19(10-14)26-21(27)25-18/h1-10,24H,11-12H2,(H2,25,26,27). The van der Waals surface area contributed by atoms with E-state index in [1.165, 1.54) is 6.07 Å². The van der Waals surface area contributed by atoms with Crippen LogP contribution in [0.3, 0.4) is 0 Å². The summed E-state index contributed by atoms with van der Waals surface area (Å²) in [5.41, 5.74) is 3.34. The molecular formula is C21H17ClFN3O2. The van der Waals surface area contributed by atoms with Gasteiger partial charge in [0.1, 0.15) is 18.2 Å². The number of rotatable bonds is 6. The van der Waals surface area contributed by atoms with Crippen LogP contribution in [-0.4, -0.2) is 9.97 Å². The van der Waals surface area contributed by atoms with Gasteiger partial charge in [-0.2, -0.15) is 0 Å². The molecule has 0 aliphatic heterocycles. The summed E-state index contributed by atoms with van der Waals surface area (Å²) in [6.45, 7) is 0.542. The average molecular weight is 398 g/mol. The first-order valence-electron chi connectivity index (χ1n) is 8.69. The second-order valence-electron chi connectivity index (χ2n) is 6.29. The minimum absolute atomic E-state index is 0.0407. The van der Waals surface area contributed by atoms with Gasteiger partial charge in [0, 0.05) is 23.4 Å². The van der Waals surface area contributed by atoms with E-state index in [1.54, 1.807) is 12.1 Å². The Morgan fingerprint density at radius 1 is 1.00 bits per heavy atom. The lowest BCUT2D eigenvalue weighted by atomic mass is 10.2. The van der Waals surface area contributed by atoms with Gasteiger partial charge in [0.25, 0.3) is 0 Å². The smallest absolute Gasteiger partial charge is 0.323 e. The first-order chi connectivity index (χ1) is 13.6. The predicted octanol–water partition coefficient (Wildman–Crippen LogP) is 4.84. The third-order valence-corrected chi connectivity index (χ3v) is 4.76. The molecule has 0 spiro atoms. The molecule has 0 atom stereocenters. The lowest BCUT2D eigenvalue weighted by Crippen LogP contribution is -2.05. The molecule has 4 aromatic rings. The number of hydrogen-bond donors (Lipinski definition) is 3. The minimum atomic E-state index is -0.392. The van der Waals surface area contributed by atoms with Crippen molar-refractivity contribution in [3.8, 4) is 5.75 Å². The van der Waals surface area contributed by atoms with Crippen molar-refractivity contribution < 1.29 is 9.13 Å². The van der Waals surface area contributed by atoms with Crippen molar-refractivity contribution in [1.82, 2.24) is 9.97 Å². The van der Waals surface area contributed by atoms with Crippen molar-refractivity contribution in [1.29, 1.82) is 0 Å². The maximum absolute atomic E-state index is 13.9. The zero-order valence-corrected chi connectivity index (χ0v) is 15.5. The van der Waals surface area contributed by atoms with Gasteiger partial charge in [0.15, 0.2) is 0 Å². The second kappa shape index (κ2) is 7.78. The summed E-state index contributed by atoms with van der Waals surface area (Å²) in [6, 6.07) is 17.7. The number of halogens is 2. The average Bonchev–Trinajstić information content (AvgIpc) is 3.06. The number of imidazole rings is 1. The van der Waals surface area contributed by atoms with E-state index in [0.717, 1.165) is 22.3 Å². The Morgan fingerprint density at radius 3 is 2.68 bits per heavy atom. The molecule has 0 aliphatic carbocycles. The molecule has 0 fully saturated rings. The highest BCUT2D eigenvalue weighted by atomic mass is 35.5. The van der Waals surface area contributed by atoms with Crippen LogP contribution in [0, 0.1) is 5.82 Å². The number of nitrogens with one attached hydrogen (secondary N) is 3. The van der Waals surface area contributed by atoms with Gasteiger partial charge in [0.05, 0.1) is 16.1 Å². The molecule has 4 rings (SSSR count). The Labute approximate surface area is 165 Å². The monoisotopic (exact) mass is 397 g/mol. The molecule has 3 aromatic carbocycles. The van der Waals surface area contributed by atoms with Gasteiger partial charge in [-0.3, -0.25) is 0 Å². The predicted molar refractivity (Wildman–Crippen MR) is 108 cm³/mol. The van der Waals surface area contributed by atoms with Crippen LogP contribution in [0.1, 0.15) is 11.1 Å². The SMILES string of the molecule is O=c1[nH]c2ccc(NCc3ccccc3OCc3c(F)cccc3Cl)cc2[nH]1. The summed E-state index contributed by atoms with van der Waals surface area (Å²) in [4.78, 5) is 16.8. The molecule has 0 saturated carbocycles. The number of aromatic nitrogens is 2. The van der Waals surface area contributed by atoms with Gasteiger partial charge in [-0.15, -0.1) is 0 Å². The number of anilines is 1. The third-order valence-electron chi connectivity index (χ3n) is 4.41. The van der Waals surface area contributed by atoms with Gasteiger partial charge >= 0.3 is 5.69 Å². The molecule has 0 unspecified atom stereocenters. The van der Waals surface area contributed by atoms with Crippen LogP contribution in [-0.2, 0) is 13.2 Å². The van der Waals surface area contributed by atoms with Crippen molar-refractivity contribution in [2.45, 2.75) is 13.2 Å². The number of ether oxygens (including phenoxy) is 1. The Morgan fingerprint density at radius 2 is 1.82 bits per heavy atom. The van der Waals surface area contributed by atoms with E-state index in [1.807, 2.05) is 42.5 Å².